The number of carbonyl (C=O) groups is 3. The number of hydrogen-bond donors (Lipinski definition) is 2. The topological polar surface area (TPSA) is 108 Å². The lowest BCUT2D eigenvalue weighted by atomic mass is 9.80. The Kier molecular flexibility index (Phi) is 8.30. The van der Waals surface area contributed by atoms with Crippen molar-refractivity contribution >= 4 is 23.7 Å². The van der Waals surface area contributed by atoms with E-state index >= 15 is 0 Å². The van der Waals surface area contributed by atoms with E-state index in [0.717, 1.165) is 49.0 Å². The third kappa shape index (κ3) is 5.79. The van der Waals surface area contributed by atoms with Crippen molar-refractivity contribution in [2.45, 2.75) is 64.1 Å². The number of para-hydroxylation sites is 1. The van der Waals surface area contributed by atoms with E-state index in [-0.39, 0.29) is 42.9 Å². The first-order valence-electron chi connectivity index (χ1n) is 14.1. The molecule has 1 saturated carbocycles. The maximum absolute atomic E-state index is 13.9. The Morgan fingerprint density at radius 1 is 0.925 bits per heavy atom. The summed E-state index contributed by atoms with van der Waals surface area (Å²) in [4.78, 5) is 47.3. The number of aliphatic carboxylic acids is 1. The highest BCUT2D eigenvalue weighted by molar-refractivity contribution is 5.95. The summed E-state index contributed by atoms with van der Waals surface area (Å²) in [6, 6.07) is 18.3. The number of carboxylic acids is 1. The summed E-state index contributed by atoms with van der Waals surface area (Å²) >= 11 is 0. The Balaban J connectivity index is 1.40. The van der Waals surface area contributed by atoms with Gasteiger partial charge in [-0.15, -0.1) is 0 Å². The summed E-state index contributed by atoms with van der Waals surface area (Å²) in [5.41, 5.74) is 2.50. The van der Waals surface area contributed by atoms with Gasteiger partial charge in [0.25, 0.3) is 0 Å². The zero-order valence-corrected chi connectivity index (χ0v) is 23.1. The highest BCUT2D eigenvalue weighted by Gasteiger charge is 2.47. The number of anilines is 1. The molecule has 5 rings (SSSR count). The summed E-state index contributed by atoms with van der Waals surface area (Å²) in [5, 5.41) is 12.6. The van der Waals surface area contributed by atoms with Gasteiger partial charge in [0.2, 0.25) is 17.8 Å². The van der Waals surface area contributed by atoms with Gasteiger partial charge in [-0.3, -0.25) is 29.2 Å². The number of amides is 2. The van der Waals surface area contributed by atoms with E-state index in [0.29, 0.717) is 5.95 Å². The maximum Gasteiger partial charge on any atom is 0.317 e. The molecule has 9 nitrogen and oxygen atoms in total. The molecule has 210 valence electrons. The average Bonchev–Trinajstić information content (AvgIpc) is 3.39. The quantitative estimate of drug-likeness (QED) is 0.435. The van der Waals surface area contributed by atoms with Crippen LogP contribution in [0.3, 0.4) is 0 Å². The van der Waals surface area contributed by atoms with Gasteiger partial charge in [-0.2, -0.15) is 0 Å². The van der Waals surface area contributed by atoms with E-state index < -0.39 is 12.0 Å². The highest BCUT2D eigenvalue weighted by Crippen LogP contribution is 2.35. The van der Waals surface area contributed by atoms with Crippen molar-refractivity contribution in [1.82, 2.24) is 19.4 Å². The fourth-order valence-corrected chi connectivity index (χ4v) is 6.17. The molecule has 2 unspecified atom stereocenters. The van der Waals surface area contributed by atoms with Crippen molar-refractivity contribution in [3.8, 4) is 16.9 Å². The normalized spacial score (nSPS) is 22.3. The Bertz CT molecular complexity index is 1340. The Labute approximate surface area is 234 Å². The number of piperazine rings is 1. The van der Waals surface area contributed by atoms with E-state index in [1.807, 2.05) is 90.2 Å². The second-order valence-corrected chi connectivity index (χ2v) is 10.9. The van der Waals surface area contributed by atoms with E-state index in [9.17, 15) is 19.5 Å². The predicted octanol–water partition coefficient (Wildman–Crippen LogP) is 4.43. The third-order valence-corrected chi connectivity index (χ3v) is 8.40. The molecule has 3 atom stereocenters. The molecule has 3 aromatic rings. The largest absolute Gasteiger partial charge is 0.480 e. The average molecular weight is 544 g/mol. The molecule has 1 aromatic heterocycles. The van der Waals surface area contributed by atoms with Crippen LogP contribution in [0.1, 0.15) is 46.0 Å². The number of benzene rings is 2. The van der Waals surface area contributed by atoms with E-state index in [2.05, 4.69) is 5.32 Å². The van der Waals surface area contributed by atoms with Crippen LogP contribution in [0.5, 0.6) is 0 Å². The molecule has 2 heterocycles. The van der Waals surface area contributed by atoms with Gasteiger partial charge >= 0.3 is 5.97 Å². The fourth-order valence-electron chi connectivity index (χ4n) is 6.17. The van der Waals surface area contributed by atoms with Crippen LogP contribution in [0.2, 0.25) is 0 Å². The molecule has 1 aliphatic heterocycles. The van der Waals surface area contributed by atoms with Crippen molar-refractivity contribution in [1.29, 1.82) is 0 Å². The van der Waals surface area contributed by atoms with Gasteiger partial charge in [-0.1, -0.05) is 67.8 Å². The molecule has 0 radical (unpaired) electrons. The smallest absolute Gasteiger partial charge is 0.317 e. The monoisotopic (exact) mass is 543 g/mol. The first-order chi connectivity index (χ1) is 19.3. The maximum atomic E-state index is 13.9. The van der Waals surface area contributed by atoms with Crippen molar-refractivity contribution in [3.63, 3.8) is 0 Å². The van der Waals surface area contributed by atoms with Crippen LogP contribution < -0.4 is 5.32 Å². The van der Waals surface area contributed by atoms with Gasteiger partial charge in [0.05, 0.1) is 18.3 Å². The number of nitrogens with one attached hydrogen (secondary N) is 1. The Hall–Kier alpha value is -3.98. The molecular formula is C31H37N5O4. The molecule has 0 bridgehead atoms. The Morgan fingerprint density at radius 2 is 1.57 bits per heavy atom. The summed E-state index contributed by atoms with van der Waals surface area (Å²) < 4.78 is 1.84. The number of carboxylic acid groups (broad SMARTS) is 1. The minimum absolute atomic E-state index is 0.0894. The van der Waals surface area contributed by atoms with Crippen LogP contribution in [-0.2, 0) is 14.4 Å². The van der Waals surface area contributed by atoms with Crippen LogP contribution in [0.15, 0.2) is 66.9 Å². The summed E-state index contributed by atoms with van der Waals surface area (Å²) in [5.74, 6) is -0.988. The number of nitrogens with zero attached hydrogens (tertiary/aromatic N) is 4. The molecule has 2 fully saturated rings. The third-order valence-electron chi connectivity index (χ3n) is 8.40. The fraction of sp³-hybridized carbons (Fsp3) is 0.419. The molecule has 2 aliphatic rings. The van der Waals surface area contributed by atoms with Crippen LogP contribution in [0, 0.1) is 5.92 Å². The molecule has 2 amide bonds. The van der Waals surface area contributed by atoms with Crippen molar-refractivity contribution in [3.05, 3.63) is 66.9 Å². The van der Waals surface area contributed by atoms with Crippen LogP contribution in [0.25, 0.3) is 16.9 Å². The lowest BCUT2D eigenvalue weighted by molar-refractivity contribution is -0.159. The van der Waals surface area contributed by atoms with Gasteiger partial charge in [0, 0.05) is 29.5 Å². The first-order valence-corrected chi connectivity index (χ1v) is 14.1. The molecule has 9 heteroatoms. The zero-order chi connectivity index (χ0) is 28.2. The summed E-state index contributed by atoms with van der Waals surface area (Å²) in [6.07, 6.45) is 6.87. The van der Waals surface area contributed by atoms with Gasteiger partial charge < -0.3 is 10.0 Å². The molecule has 2 aromatic carbocycles. The van der Waals surface area contributed by atoms with E-state index in [1.165, 1.54) is 0 Å². The minimum Gasteiger partial charge on any atom is -0.480 e. The van der Waals surface area contributed by atoms with Crippen LogP contribution in [-0.4, -0.2) is 73.5 Å². The highest BCUT2D eigenvalue weighted by atomic mass is 16.4. The number of aromatic nitrogens is 2. The first kappa shape index (κ1) is 27.6. The molecular weight excluding hydrogens is 506 g/mol. The lowest BCUT2D eigenvalue weighted by Gasteiger charge is -2.51. The van der Waals surface area contributed by atoms with Gasteiger partial charge in [0.15, 0.2) is 0 Å². The van der Waals surface area contributed by atoms with Gasteiger partial charge in [-0.05, 0) is 44.7 Å². The number of rotatable bonds is 8. The Morgan fingerprint density at radius 3 is 2.23 bits per heavy atom. The van der Waals surface area contributed by atoms with Gasteiger partial charge in [0.1, 0.15) is 6.54 Å². The number of carbonyl (C=O) groups excluding carboxylic acids is 2. The second-order valence-electron chi connectivity index (χ2n) is 10.9. The van der Waals surface area contributed by atoms with Crippen LogP contribution >= 0.6 is 0 Å². The second kappa shape index (κ2) is 12.0. The van der Waals surface area contributed by atoms with Crippen molar-refractivity contribution in [2.75, 3.05) is 18.4 Å². The van der Waals surface area contributed by atoms with E-state index in [1.54, 1.807) is 4.90 Å². The summed E-state index contributed by atoms with van der Waals surface area (Å²) in [7, 11) is 0. The predicted molar refractivity (Wildman–Crippen MR) is 153 cm³/mol. The van der Waals surface area contributed by atoms with Crippen molar-refractivity contribution in [2.24, 2.45) is 5.92 Å². The standard InChI is InChI=1S/C31H37N5O4/c1-21-22(2)35(30(40)29(34(21)20-28(38)39)24-14-8-4-9-15-24)19-27(37)33-31-32-26(23-12-6-3-7-13-23)18-36(31)25-16-10-5-11-17-25/h3,5-7,10-13,16-18,21-22,24,29H,4,8-9,14-15,19-20H2,1-2H3,(H,38,39)(H,32,33,37)/t21?,22?,29-/m0/s1. The zero-order valence-electron chi connectivity index (χ0n) is 23.1. The minimum atomic E-state index is -0.944. The number of hydrogen-bond acceptors (Lipinski definition) is 5. The SMILES string of the molecule is CC1C(C)N(CC(=O)O)[C@@H](C2CCCCC2)C(=O)N1CC(=O)Nc1nc(-c2ccccc2)cn1-c1ccccc1. The lowest BCUT2D eigenvalue weighted by Crippen LogP contribution is -2.68. The molecule has 1 aliphatic carbocycles. The summed E-state index contributed by atoms with van der Waals surface area (Å²) in [6.45, 7) is 3.53. The molecule has 0 spiro atoms. The molecule has 2 N–H and O–H groups in total. The van der Waals surface area contributed by atoms with E-state index in [4.69, 9.17) is 4.98 Å². The molecule has 40 heavy (non-hydrogen) atoms. The van der Waals surface area contributed by atoms with Gasteiger partial charge in [-0.25, -0.2) is 4.98 Å². The van der Waals surface area contributed by atoms with Crippen molar-refractivity contribution < 1.29 is 19.5 Å². The molecule has 1 saturated heterocycles. The number of imidazole rings is 1. The van der Waals surface area contributed by atoms with Crippen LogP contribution in [0.4, 0.5) is 5.95 Å².